The fraction of sp³-hybridized carbons (Fsp3) is 0.909. The van der Waals surface area contributed by atoms with Crippen molar-refractivity contribution in [1.82, 2.24) is 0 Å². The van der Waals surface area contributed by atoms with E-state index in [0.717, 1.165) is 19.3 Å². The molecule has 0 saturated heterocycles. The van der Waals surface area contributed by atoms with Crippen LogP contribution < -0.4 is 0 Å². The van der Waals surface area contributed by atoms with E-state index >= 15 is 0 Å². The number of aliphatic carboxylic acids is 1. The van der Waals surface area contributed by atoms with Gasteiger partial charge in [-0.05, 0) is 30.6 Å². The van der Waals surface area contributed by atoms with Gasteiger partial charge in [-0.3, -0.25) is 4.79 Å². The monoisotopic (exact) mass is 184 g/mol. The van der Waals surface area contributed by atoms with Crippen LogP contribution >= 0.6 is 0 Å². The summed E-state index contributed by atoms with van der Waals surface area (Å²) < 4.78 is 0. The first-order chi connectivity index (χ1) is 6.08. The predicted octanol–water partition coefficient (Wildman–Crippen LogP) is 3.07. The number of carboxylic acid groups (broad SMARTS) is 1. The molecule has 0 aromatic heterocycles. The highest BCUT2D eigenvalue weighted by molar-refractivity contribution is 5.67. The molecule has 0 aliphatic heterocycles. The Labute approximate surface area is 80.3 Å². The summed E-state index contributed by atoms with van der Waals surface area (Å²) in [6, 6.07) is 0. The van der Waals surface area contributed by atoms with Gasteiger partial charge in [0.25, 0.3) is 0 Å². The van der Waals surface area contributed by atoms with Crippen molar-refractivity contribution in [2.75, 3.05) is 0 Å². The number of rotatable bonds is 3. The SMILES string of the molecule is CCC1(CC(=O)O)CCCC(C)C1. The Morgan fingerprint density at radius 2 is 2.31 bits per heavy atom. The summed E-state index contributed by atoms with van der Waals surface area (Å²) in [6.07, 6.45) is 6.09. The van der Waals surface area contributed by atoms with Gasteiger partial charge in [-0.15, -0.1) is 0 Å². The molecule has 2 atom stereocenters. The van der Waals surface area contributed by atoms with Gasteiger partial charge in [0.2, 0.25) is 0 Å². The Hall–Kier alpha value is -0.530. The maximum atomic E-state index is 10.7. The molecule has 0 bridgehead atoms. The summed E-state index contributed by atoms with van der Waals surface area (Å²) in [6.45, 7) is 4.37. The molecule has 1 rings (SSSR count). The van der Waals surface area contributed by atoms with Gasteiger partial charge in [-0.2, -0.15) is 0 Å². The highest BCUT2D eigenvalue weighted by atomic mass is 16.4. The van der Waals surface area contributed by atoms with Crippen LogP contribution in [0, 0.1) is 11.3 Å². The summed E-state index contributed by atoms with van der Waals surface area (Å²) in [5.41, 5.74) is 0.115. The van der Waals surface area contributed by atoms with E-state index in [0.29, 0.717) is 12.3 Å². The molecule has 1 saturated carbocycles. The molecule has 2 unspecified atom stereocenters. The topological polar surface area (TPSA) is 37.3 Å². The molecule has 13 heavy (non-hydrogen) atoms. The molecule has 0 heterocycles. The van der Waals surface area contributed by atoms with E-state index in [1.165, 1.54) is 12.8 Å². The van der Waals surface area contributed by atoms with Crippen LogP contribution in [0.15, 0.2) is 0 Å². The van der Waals surface area contributed by atoms with Crippen LogP contribution in [0.2, 0.25) is 0 Å². The van der Waals surface area contributed by atoms with Gasteiger partial charge in [-0.25, -0.2) is 0 Å². The Bertz CT molecular complexity index is 189. The van der Waals surface area contributed by atoms with Crippen molar-refractivity contribution >= 4 is 5.97 Å². The van der Waals surface area contributed by atoms with Crippen molar-refractivity contribution in [3.63, 3.8) is 0 Å². The zero-order valence-electron chi connectivity index (χ0n) is 8.68. The zero-order chi connectivity index (χ0) is 9.90. The number of hydrogen-bond acceptors (Lipinski definition) is 1. The smallest absolute Gasteiger partial charge is 0.303 e. The third-order valence-electron chi connectivity index (χ3n) is 3.46. The van der Waals surface area contributed by atoms with Crippen LogP contribution in [0.4, 0.5) is 0 Å². The Morgan fingerprint density at radius 3 is 2.77 bits per heavy atom. The molecule has 1 aliphatic carbocycles. The largest absolute Gasteiger partial charge is 0.481 e. The van der Waals surface area contributed by atoms with Crippen molar-refractivity contribution in [3.8, 4) is 0 Å². The minimum absolute atomic E-state index is 0.115. The predicted molar refractivity (Wildman–Crippen MR) is 52.6 cm³/mol. The average Bonchev–Trinajstić information content (AvgIpc) is 2.03. The number of carboxylic acids is 1. The van der Waals surface area contributed by atoms with Crippen LogP contribution in [0.3, 0.4) is 0 Å². The molecular formula is C11H20O2. The summed E-state index contributed by atoms with van der Waals surface area (Å²) in [4.78, 5) is 10.7. The molecule has 2 nitrogen and oxygen atoms in total. The average molecular weight is 184 g/mol. The van der Waals surface area contributed by atoms with Gasteiger partial charge >= 0.3 is 5.97 Å². The molecule has 1 fully saturated rings. The van der Waals surface area contributed by atoms with E-state index in [2.05, 4.69) is 13.8 Å². The third kappa shape index (κ3) is 2.71. The summed E-state index contributed by atoms with van der Waals surface area (Å²) in [7, 11) is 0. The molecular weight excluding hydrogens is 164 g/mol. The first-order valence-electron chi connectivity index (χ1n) is 5.30. The second-order valence-electron chi connectivity index (χ2n) is 4.63. The van der Waals surface area contributed by atoms with E-state index in [1.54, 1.807) is 0 Å². The van der Waals surface area contributed by atoms with Crippen molar-refractivity contribution in [1.29, 1.82) is 0 Å². The van der Waals surface area contributed by atoms with Crippen molar-refractivity contribution < 1.29 is 9.90 Å². The normalized spacial score (nSPS) is 34.5. The maximum absolute atomic E-state index is 10.7. The Morgan fingerprint density at radius 1 is 1.62 bits per heavy atom. The first kappa shape index (κ1) is 10.6. The lowest BCUT2D eigenvalue weighted by Gasteiger charge is -2.38. The first-order valence-corrected chi connectivity index (χ1v) is 5.30. The van der Waals surface area contributed by atoms with Gasteiger partial charge in [0.05, 0.1) is 6.42 Å². The zero-order valence-corrected chi connectivity index (χ0v) is 8.68. The molecule has 0 aromatic carbocycles. The maximum Gasteiger partial charge on any atom is 0.303 e. The van der Waals surface area contributed by atoms with Gasteiger partial charge in [0.15, 0.2) is 0 Å². The molecule has 2 heteroatoms. The van der Waals surface area contributed by atoms with Crippen molar-refractivity contribution in [3.05, 3.63) is 0 Å². The minimum atomic E-state index is -0.629. The minimum Gasteiger partial charge on any atom is -0.481 e. The van der Waals surface area contributed by atoms with E-state index in [4.69, 9.17) is 5.11 Å². The van der Waals surface area contributed by atoms with Crippen LogP contribution in [-0.4, -0.2) is 11.1 Å². The second kappa shape index (κ2) is 4.12. The highest BCUT2D eigenvalue weighted by Gasteiger charge is 2.35. The van der Waals surface area contributed by atoms with E-state index in [9.17, 15) is 4.79 Å². The Balaban J connectivity index is 2.61. The van der Waals surface area contributed by atoms with E-state index in [-0.39, 0.29) is 5.41 Å². The van der Waals surface area contributed by atoms with Crippen molar-refractivity contribution in [2.24, 2.45) is 11.3 Å². The van der Waals surface area contributed by atoms with Crippen LogP contribution in [0.1, 0.15) is 52.4 Å². The molecule has 0 radical (unpaired) electrons. The van der Waals surface area contributed by atoms with Crippen LogP contribution in [0.5, 0.6) is 0 Å². The van der Waals surface area contributed by atoms with Gasteiger partial charge in [0, 0.05) is 0 Å². The Kier molecular flexibility index (Phi) is 3.34. The van der Waals surface area contributed by atoms with Crippen LogP contribution in [0.25, 0.3) is 0 Å². The fourth-order valence-corrected chi connectivity index (χ4v) is 2.70. The lowest BCUT2D eigenvalue weighted by Crippen LogP contribution is -2.29. The van der Waals surface area contributed by atoms with Crippen molar-refractivity contribution in [2.45, 2.75) is 52.4 Å². The molecule has 1 aliphatic rings. The number of carbonyl (C=O) groups is 1. The summed E-state index contributed by atoms with van der Waals surface area (Å²) in [5, 5.41) is 8.85. The molecule has 0 spiro atoms. The van der Waals surface area contributed by atoms with Gasteiger partial charge in [0.1, 0.15) is 0 Å². The second-order valence-corrected chi connectivity index (χ2v) is 4.63. The molecule has 0 amide bonds. The van der Waals surface area contributed by atoms with E-state index in [1.807, 2.05) is 0 Å². The summed E-state index contributed by atoms with van der Waals surface area (Å²) >= 11 is 0. The molecule has 0 aromatic rings. The van der Waals surface area contributed by atoms with Crippen LogP contribution in [-0.2, 0) is 4.79 Å². The molecule has 1 N–H and O–H groups in total. The number of hydrogen-bond donors (Lipinski definition) is 1. The lowest BCUT2D eigenvalue weighted by atomic mass is 9.67. The highest BCUT2D eigenvalue weighted by Crippen LogP contribution is 2.44. The van der Waals surface area contributed by atoms with Gasteiger partial charge in [-0.1, -0.05) is 26.7 Å². The standard InChI is InChI=1S/C11H20O2/c1-3-11(8-10(12)13)6-4-5-9(2)7-11/h9H,3-8H2,1-2H3,(H,12,13). The van der Waals surface area contributed by atoms with Gasteiger partial charge < -0.3 is 5.11 Å². The van der Waals surface area contributed by atoms with E-state index < -0.39 is 5.97 Å². The lowest BCUT2D eigenvalue weighted by molar-refractivity contribution is -0.140. The fourth-order valence-electron chi connectivity index (χ4n) is 2.70. The quantitative estimate of drug-likeness (QED) is 0.732. The summed E-state index contributed by atoms with van der Waals surface area (Å²) in [5.74, 6) is 0.0870. The third-order valence-corrected chi connectivity index (χ3v) is 3.46. The molecule has 76 valence electrons.